The fraction of sp³-hybridized carbons (Fsp3) is 0.667. The van der Waals surface area contributed by atoms with Crippen molar-refractivity contribution in [3.05, 3.63) is 30.1 Å². The molecule has 0 radical (unpaired) electrons. The predicted octanol–water partition coefficient (Wildman–Crippen LogP) is 1.20. The van der Waals surface area contributed by atoms with E-state index in [4.69, 9.17) is 0 Å². The number of aromatic nitrogens is 1. The molecule has 1 N–H and O–H groups in total. The van der Waals surface area contributed by atoms with E-state index in [1.807, 2.05) is 18.5 Å². The molecule has 2 rings (SSSR count). The quantitative estimate of drug-likeness (QED) is 0.883. The lowest BCUT2D eigenvalue weighted by molar-refractivity contribution is 0.0521. The number of nitrogens with one attached hydrogen (secondary N) is 1. The van der Waals surface area contributed by atoms with E-state index in [9.17, 15) is 0 Å². The summed E-state index contributed by atoms with van der Waals surface area (Å²) in [5.41, 5.74) is 1.49. The zero-order valence-electron chi connectivity index (χ0n) is 12.6. The Labute approximate surface area is 116 Å². The summed E-state index contributed by atoms with van der Waals surface area (Å²) in [6.07, 6.45) is 3.81. The van der Waals surface area contributed by atoms with Crippen molar-refractivity contribution in [2.45, 2.75) is 32.0 Å². The molecule has 106 valence electrons. The molecule has 1 unspecified atom stereocenters. The zero-order chi connectivity index (χ0) is 13.9. The Balaban J connectivity index is 2.02. The molecule has 0 bridgehead atoms. The van der Waals surface area contributed by atoms with Gasteiger partial charge in [-0.15, -0.1) is 0 Å². The first-order chi connectivity index (χ1) is 8.97. The molecule has 1 aromatic heterocycles. The average molecular weight is 262 g/mol. The van der Waals surface area contributed by atoms with Crippen molar-refractivity contribution in [1.29, 1.82) is 0 Å². The minimum Gasteiger partial charge on any atom is -0.310 e. The molecule has 4 nitrogen and oxygen atoms in total. The number of piperazine rings is 1. The number of hydrogen-bond acceptors (Lipinski definition) is 4. The molecule has 1 aliphatic heterocycles. The monoisotopic (exact) mass is 262 g/mol. The topological polar surface area (TPSA) is 31.4 Å². The summed E-state index contributed by atoms with van der Waals surface area (Å²) >= 11 is 0. The second kappa shape index (κ2) is 5.99. The van der Waals surface area contributed by atoms with E-state index in [0.717, 1.165) is 26.2 Å². The lowest BCUT2D eigenvalue weighted by Crippen LogP contribution is -2.63. The van der Waals surface area contributed by atoms with Gasteiger partial charge in [0.25, 0.3) is 0 Å². The van der Waals surface area contributed by atoms with E-state index in [1.165, 1.54) is 5.56 Å². The lowest BCUT2D eigenvalue weighted by atomic mass is 9.96. The third-order valence-electron chi connectivity index (χ3n) is 3.80. The molecule has 0 spiro atoms. The van der Waals surface area contributed by atoms with Crippen LogP contribution in [0, 0.1) is 0 Å². The molecule has 1 saturated heterocycles. The molecule has 0 saturated carbocycles. The molecule has 1 aromatic rings. The van der Waals surface area contributed by atoms with Crippen molar-refractivity contribution in [2.75, 3.05) is 33.7 Å². The Morgan fingerprint density at radius 2 is 2.26 bits per heavy atom. The van der Waals surface area contributed by atoms with E-state index < -0.39 is 0 Å². The summed E-state index contributed by atoms with van der Waals surface area (Å²) in [4.78, 5) is 9.03. The van der Waals surface area contributed by atoms with Gasteiger partial charge < -0.3 is 10.2 Å². The fourth-order valence-corrected chi connectivity index (χ4v) is 2.64. The number of pyridine rings is 1. The van der Waals surface area contributed by atoms with Gasteiger partial charge in [0.1, 0.15) is 0 Å². The number of likely N-dealkylation sites (N-methyl/N-ethyl adjacent to an activating group) is 1. The van der Waals surface area contributed by atoms with Crippen LogP contribution in [-0.2, 0) is 6.54 Å². The Morgan fingerprint density at radius 1 is 1.47 bits per heavy atom. The highest BCUT2D eigenvalue weighted by molar-refractivity contribution is 5.10. The molecular weight excluding hydrogens is 236 g/mol. The van der Waals surface area contributed by atoms with Gasteiger partial charge in [0, 0.05) is 50.2 Å². The van der Waals surface area contributed by atoms with Gasteiger partial charge in [-0.25, -0.2) is 0 Å². The third kappa shape index (κ3) is 4.00. The van der Waals surface area contributed by atoms with Gasteiger partial charge in [-0.05, 0) is 39.6 Å². The summed E-state index contributed by atoms with van der Waals surface area (Å²) < 4.78 is 0. The molecule has 1 aliphatic rings. The summed E-state index contributed by atoms with van der Waals surface area (Å²) in [5.74, 6) is 0. The van der Waals surface area contributed by atoms with Crippen LogP contribution in [0.15, 0.2) is 24.5 Å². The van der Waals surface area contributed by atoms with E-state index in [0.29, 0.717) is 6.04 Å². The van der Waals surface area contributed by atoms with Crippen molar-refractivity contribution in [3.8, 4) is 0 Å². The van der Waals surface area contributed by atoms with Crippen molar-refractivity contribution in [2.24, 2.45) is 0 Å². The van der Waals surface area contributed by atoms with Crippen LogP contribution in [0.2, 0.25) is 0 Å². The Kier molecular flexibility index (Phi) is 4.55. The van der Waals surface area contributed by atoms with E-state index in [-0.39, 0.29) is 5.54 Å². The first-order valence-corrected chi connectivity index (χ1v) is 6.99. The lowest BCUT2D eigenvalue weighted by Gasteiger charge is -2.46. The van der Waals surface area contributed by atoms with Crippen molar-refractivity contribution in [3.63, 3.8) is 0 Å². The molecule has 2 heterocycles. The fourth-order valence-electron chi connectivity index (χ4n) is 2.64. The molecule has 1 fully saturated rings. The maximum Gasteiger partial charge on any atom is 0.0323 e. The van der Waals surface area contributed by atoms with E-state index >= 15 is 0 Å². The summed E-state index contributed by atoms with van der Waals surface area (Å²) in [7, 11) is 4.26. The van der Waals surface area contributed by atoms with Crippen LogP contribution in [-0.4, -0.2) is 60.1 Å². The largest absolute Gasteiger partial charge is 0.310 e. The Hall–Kier alpha value is -0.970. The normalized spacial score (nSPS) is 23.7. The molecule has 0 aliphatic carbocycles. The van der Waals surface area contributed by atoms with Gasteiger partial charge in [0.2, 0.25) is 0 Å². The minimum absolute atomic E-state index is 0.193. The summed E-state index contributed by atoms with van der Waals surface area (Å²) in [5, 5.41) is 3.66. The Bertz CT molecular complexity index is 388. The SMILES string of the molecule is CN(C)CC1CN(Cc2cccnc2)C(C)(C)CN1. The second-order valence-electron chi connectivity index (χ2n) is 6.39. The zero-order valence-corrected chi connectivity index (χ0v) is 12.6. The van der Waals surface area contributed by atoms with Gasteiger partial charge in [0.15, 0.2) is 0 Å². The van der Waals surface area contributed by atoms with Crippen LogP contribution in [0.3, 0.4) is 0 Å². The van der Waals surface area contributed by atoms with Crippen LogP contribution in [0.4, 0.5) is 0 Å². The van der Waals surface area contributed by atoms with Gasteiger partial charge in [-0.3, -0.25) is 9.88 Å². The predicted molar refractivity (Wildman–Crippen MR) is 79.1 cm³/mol. The van der Waals surface area contributed by atoms with E-state index in [1.54, 1.807) is 0 Å². The minimum atomic E-state index is 0.193. The Morgan fingerprint density at radius 3 is 2.89 bits per heavy atom. The van der Waals surface area contributed by atoms with Crippen molar-refractivity contribution < 1.29 is 0 Å². The molecule has 4 heteroatoms. The molecular formula is C15H26N4. The van der Waals surface area contributed by atoms with Crippen LogP contribution in [0.25, 0.3) is 0 Å². The molecule has 0 amide bonds. The summed E-state index contributed by atoms with van der Waals surface area (Å²) in [6, 6.07) is 4.72. The van der Waals surface area contributed by atoms with Crippen molar-refractivity contribution >= 4 is 0 Å². The molecule has 0 aromatic carbocycles. The van der Waals surface area contributed by atoms with Crippen LogP contribution < -0.4 is 5.32 Å². The number of nitrogens with zero attached hydrogens (tertiary/aromatic N) is 3. The van der Waals surface area contributed by atoms with Crippen molar-refractivity contribution in [1.82, 2.24) is 20.1 Å². The molecule has 1 atom stereocenters. The molecule has 19 heavy (non-hydrogen) atoms. The first kappa shape index (κ1) is 14.4. The highest BCUT2D eigenvalue weighted by Crippen LogP contribution is 2.21. The first-order valence-electron chi connectivity index (χ1n) is 6.99. The van der Waals surface area contributed by atoms with Gasteiger partial charge in [-0.1, -0.05) is 6.07 Å². The van der Waals surface area contributed by atoms with Crippen LogP contribution in [0.5, 0.6) is 0 Å². The maximum atomic E-state index is 4.21. The number of rotatable bonds is 4. The standard InChI is InChI=1S/C15H26N4/c1-15(2)12-17-14(10-18(3)4)11-19(15)9-13-6-5-7-16-8-13/h5-8,14,17H,9-12H2,1-4H3. The van der Waals surface area contributed by atoms with Crippen LogP contribution >= 0.6 is 0 Å². The van der Waals surface area contributed by atoms with Gasteiger partial charge in [0.05, 0.1) is 0 Å². The second-order valence-corrected chi connectivity index (χ2v) is 6.39. The van der Waals surface area contributed by atoms with E-state index in [2.05, 4.69) is 54.1 Å². The summed E-state index contributed by atoms with van der Waals surface area (Å²) in [6.45, 7) is 8.79. The average Bonchev–Trinajstić information content (AvgIpc) is 2.34. The highest BCUT2D eigenvalue weighted by Gasteiger charge is 2.33. The third-order valence-corrected chi connectivity index (χ3v) is 3.80. The number of hydrogen-bond donors (Lipinski definition) is 1. The highest BCUT2D eigenvalue weighted by atomic mass is 15.3. The van der Waals surface area contributed by atoms with Gasteiger partial charge in [-0.2, -0.15) is 0 Å². The smallest absolute Gasteiger partial charge is 0.0323 e. The van der Waals surface area contributed by atoms with Gasteiger partial charge >= 0.3 is 0 Å². The van der Waals surface area contributed by atoms with Crippen LogP contribution in [0.1, 0.15) is 19.4 Å². The maximum absolute atomic E-state index is 4.21.